The van der Waals surface area contributed by atoms with Gasteiger partial charge in [0.1, 0.15) is 12.1 Å². The summed E-state index contributed by atoms with van der Waals surface area (Å²) in [6.07, 6.45) is 8.25. The van der Waals surface area contributed by atoms with Crippen molar-refractivity contribution < 1.29 is 33.4 Å². The van der Waals surface area contributed by atoms with Crippen LogP contribution in [0.4, 0.5) is 4.79 Å². The summed E-state index contributed by atoms with van der Waals surface area (Å²) in [6.45, 7) is 8.78. The molecule has 1 saturated carbocycles. The van der Waals surface area contributed by atoms with Crippen LogP contribution in [0, 0.1) is 5.92 Å². The molecule has 39 heavy (non-hydrogen) atoms. The molecule has 0 aromatic rings. The minimum absolute atomic E-state index is 0.0903. The van der Waals surface area contributed by atoms with Crippen molar-refractivity contribution in [2.75, 3.05) is 52.7 Å². The molecule has 1 aliphatic carbocycles. The summed E-state index contributed by atoms with van der Waals surface area (Å²) in [5.74, 6) is -1.70. The Hall–Kier alpha value is -2.24. The first-order valence-corrected chi connectivity index (χ1v) is 14.8. The van der Waals surface area contributed by atoms with Crippen LogP contribution in [0.1, 0.15) is 78.6 Å². The van der Waals surface area contributed by atoms with E-state index in [9.17, 15) is 19.2 Å². The summed E-state index contributed by atoms with van der Waals surface area (Å²) < 4.78 is 16.4. The van der Waals surface area contributed by atoms with Gasteiger partial charge in [-0.15, -0.1) is 0 Å². The van der Waals surface area contributed by atoms with E-state index in [1.165, 1.54) is 6.42 Å². The maximum Gasteiger partial charge on any atom is 0.318 e. The van der Waals surface area contributed by atoms with Crippen molar-refractivity contribution in [2.45, 2.75) is 96.7 Å². The largest absolute Gasteiger partial charge is 0.379 e. The van der Waals surface area contributed by atoms with Gasteiger partial charge in [-0.3, -0.25) is 14.4 Å². The Kier molecular flexibility index (Phi) is 16.0. The first-order valence-electron chi connectivity index (χ1n) is 14.8. The number of Topliss-reactive ketones (excluding diaryl/α,β-unsaturated/α-hetero) is 1. The first-order chi connectivity index (χ1) is 18.8. The summed E-state index contributed by atoms with van der Waals surface area (Å²) >= 11 is 0. The van der Waals surface area contributed by atoms with Crippen molar-refractivity contribution in [3.05, 3.63) is 0 Å². The van der Waals surface area contributed by atoms with Crippen LogP contribution in [-0.2, 0) is 28.6 Å². The predicted octanol–water partition coefficient (Wildman–Crippen LogP) is 2.17. The lowest BCUT2D eigenvalue weighted by Crippen LogP contribution is -2.58. The Labute approximate surface area is 233 Å². The minimum Gasteiger partial charge on any atom is -0.379 e. The molecule has 3 N–H and O–H groups in total. The molecule has 0 aromatic heterocycles. The molecule has 4 amide bonds. The highest BCUT2D eigenvalue weighted by Gasteiger charge is 2.33. The van der Waals surface area contributed by atoms with Crippen molar-refractivity contribution in [1.29, 1.82) is 0 Å². The summed E-state index contributed by atoms with van der Waals surface area (Å²) in [4.78, 5) is 53.8. The molecule has 0 spiro atoms. The van der Waals surface area contributed by atoms with Crippen molar-refractivity contribution in [1.82, 2.24) is 20.9 Å². The number of nitrogens with one attached hydrogen (secondary N) is 3. The summed E-state index contributed by atoms with van der Waals surface area (Å²) in [5, 5.41) is 8.24. The van der Waals surface area contributed by atoms with Gasteiger partial charge in [0.05, 0.1) is 25.9 Å². The zero-order valence-electron chi connectivity index (χ0n) is 24.1. The van der Waals surface area contributed by atoms with Gasteiger partial charge in [-0.05, 0) is 39.0 Å². The topological polar surface area (TPSA) is 135 Å². The number of carbonyl (C=O) groups is 4. The predicted molar refractivity (Wildman–Crippen MR) is 147 cm³/mol. The van der Waals surface area contributed by atoms with Crippen LogP contribution in [0.3, 0.4) is 0 Å². The molecule has 1 saturated heterocycles. The number of hydrogen-bond acceptors (Lipinski definition) is 7. The van der Waals surface area contributed by atoms with Gasteiger partial charge in [-0.2, -0.15) is 0 Å². The van der Waals surface area contributed by atoms with Crippen LogP contribution in [0.25, 0.3) is 0 Å². The van der Waals surface area contributed by atoms with Crippen molar-refractivity contribution >= 4 is 23.6 Å². The van der Waals surface area contributed by atoms with E-state index in [1.807, 2.05) is 20.8 Å². The second-order valence-corrected chi connectivity index (χ2v) is 10.7. The smallest absolute Gasteiger partial charge is 0.318 e. The molecule has 2 aliphatic rings. The highest BCUT2D eigenvalue weighted by Crippen LogP contribution is 2.27. The molecule has 2 atom stereocenters. The maximum atomic E-state index is 13.5. The second kappa shape index (κ2) is 18.9. The molecule has 11 nitrogen and oxygen atoms in total. The fourth-order valence-corrected chi connectivity index (χ4v) is 4.74. The SMILES string of the molecule is CCCCOCC(NC(=O)[C@H](CC1CCCCC1)NC(=O)N1CCOCC1)C(=O)C(=O)NCCCOC(C)C. The van der Waals surface area contributed by atoms with Gasteiger partial charge in [0.2, 0.25) is 11.7 Å². The standard InChI is InChI=1S/C28H50N4O7/c1-4-5-15-38-20-24(25(33)27(35)29-12-9-16-39-21(2)3)30-26(34)23(19-22-10-7-6-8-11-22)31-28(36)32-13-17-37-18-14-32/h21-24H,4-20H2,1-3H3,(H,29,35)(H,30,34)(H,31,36)/t23-,24?/m0/s1. The van der Waals surface area contributed by atoms with E-state index in [-0.39, 0.29) is 25.3 Å². The Morgan fingerprint density at radius 3 is 2.33 bits per heavy atom. The number of nitrogens with zero attached hydrogens (tertiary/aromatic N) is 1. The van der Waals surface area contributed by atoms with Crippen LogP contribution in [0.5, 0.6) is 0 Å². The van der Waals surface area contributed by atoms with Gasteiger partial charge in [0.15, 0.2) is 0 Å². The number of morpholine rings is 1. The molecule has 2 rings (SSSR count). The number of unbranched alkanes of at least 4 members (excludes halogenated alkanes) is 1. The molecule has 11 heteroatoms. The van der Waals surface area contributed by atoms with Crippen LogP contribution in [0.2, 0.25) is 0 Å². The Bertz CT molecular complexity index is 752. The van der Waals surface area contributed by atoms with Crippen molar-refractivity contribution in [3.63, 3.8) is 0 Å². The normalized spacial score (nSPS) is 17.9. The molecular formula is C28H50N4O7. The third kappa shape index (κ3) is 13.1. The van der Waals surface area contributed by atoms with Gasteiger partial charge >= 0.3 is 6.03 Å². The summed E-state index contributed by atoms with van der Waals surface area (Å²) in [6, 6.07) is -2.28. The second-order valence-electron chi connectivity index (χ2n) is 10.7. The number of ketones is 1. The Balaban J connectivity index is 2.04. The molecule has 0 bridgehead atoms. The quantitative estimate of drug-likeness (QED) is 0.185. The maximum absolute atomic E-state index is 13.5. The lowest BCUT2D eigenvalue weighted by molar-refractivity contribution is -0.141. The number of urea groups is 1. The Morgan fingerprint density at radius 1 is 0.949 bits per heavy atom. The van der Waals surface area contributed by atoms with E-state index >= 15 is 0 Å². The van der Waals surface area contributed by atoms with E-state index < -0.39 is 29.7 Å². The lowest BCUT2D eigenvalue weighted by Gasteiger charge is -2.31. The highest BCUT2D eigenvalue weighted by molar-refractivity contribution is 6.38. The lowest BCUT2D eigenvalue weighted by atomic mass is 9.84. The van der Waals surface area contributed by atoms with E-state index in [2.05, 4.69) is 16.0 Å². The third-order valence-electron chi connectivity index (χ3n) is 7.05. The molecular weight excluding hydrogens is 504 g/mol. The average Bonchev–Trinajstić information content (AvgIpc) is 2.94. The van der Waals surface area contributed by atoms with Crippen molar-refractivity contribution in [3.8, 4) is 0 Å². The molecule has 1 unspecified atom stereocenters. The van der Waals surface area contributed by atoms with Crippen LogP contribution < -0.4 is 16.0 Å². The molecule has 1 aliphatic heterocycles. The fourth-order valence-electron chi connectivity index (χ4n) is 4.74. The van der Waals surface area contributed by atoms with Gasteiger partial charge in [0, 0.05) is 32.8 Å². The summed E-state index contributed by atoms with van der Waals surface area (Å²) in [7, 11) is 0. The molecule has 2 fully saturated rings. The summed E-state index contributed by atoms with van der Waals surface area (Å²) in [5.41, 5.74) is 0. The highest BCUT2D eigenvalue weighted by atomic mass is 16.5. The molecule has 1 heterocycles. The fraction of sp³-hybridized carbons (Fsp3) is 0.857. The van der Waals surface area contributed by atoms with E-state index in [4.69, 9.17) is 14.2 Å². The first kappa shape index (κ1) is 33.0. The van der Waals surface area contributed by atoms with Gasteiger partial charge < -0.3 is 35.1 Å². The number of amides is 4. The number of hydrogen-bond donors (Lipinski definition) is 3. The minimum atomic E-state index is -1.14. The Morgan fingerprint density at radius 2 is 1.67 bits per heavy atom. The molecule has 0 radical (unpaired) electrons. The third-order valence-corrected chi connectivity index (χ3v) is 7.05. The van der Waals surface area contributed by atoms with Crippen LogP contribution in [-0.4, -0.2) is 99.4 Å². The van der Waals surface area contributed by atoms with Gasteiger partial charge in [0.25, 0.3) is 5.91 Å². The van der Waals surface area contributed by atoms with Gasteiger partial charge in [-0.25, -0.2) is 4.79 Å². The van der Waals surface area contributed by atoms with Crippen LogP contribution >= 0.6 is 0 Å². The average molecular weight is 555 g/mol. The molecule has 0 aromatic carbocycles. The van der Waals surface area contributed by atoms with Crippen LogP contribution in [0.15, 0.2) is 0 Å². The number of rotatable bonds is 17. The zero-order valence-corrected chi connectivity index (χ0v) is 24.1. The monoisotopic (exact) mass is 554 g/mol. The number of ether oxygens (including phenoxy) is 3. The van der Waals surface area contributed by atoms with E-state index in [0.717, 1.165) is 38.5 Å². The molecule has 224 valence electrons. The zero-order chi connectivity index (χ0) is 28.5. The van der Waals surface area contributed by atoms with E-state index in [1.54, 1.807) is 4.90 Å². The van der Waals surface area contributed by atoms with Gasteiger partial charge in [-0.1, -0.05) is 45.4 Å². The van der Waals surface area contributed by atoms with Crippen molar-refractivity contribution in [2.24, 2.45) is 5.92 Å². The number of carbonyl (C=O) groups excluding carboxylic acids is 4. The van der Waals surface area contributed by atoms with E-state index in [0.29, 0.717) is 58.3 Å².